The minimum absolute atomic E-state index is 0.124. The normalized spacial score (nSPS) is 14.3. The van der Waals surface area contributed by atoms with Gasteiger partial charge in [-0.05, 0) is 43.9 Å². The third-order valence-electron chi connectivity index (χ3n) is 3.74. The highest BCUT2D eigenvalue weighted by Crippen LogP contribution is 2.23. The predicted octanol–water partition coefficient (Wildman–Crippen LogP) is 2.10. The highest BCUT2D eigenvalue weighted by molar-refractivity contribution is 5.85. The van der Waals surface area contributed by atoms with Crippen molar-refractivity contribution in [1.29, 1.82) is 0 Å². The van der Waals surface area contributed by atoms with Crippen LogP contribution in [-0.2, 0) is 0 Å². The first-order valence-electron chi connectivity index (χ1n) is 7.40. The molecule has 2 rings (SSSR count). The minimum Gasteiger partial charge on any atom is -0.507 e. The molecule has 122 valence electrons. The van der Waals surface area contributed by atoms with Crippen LogP contribution >= 0.6 is 0 Å². The first-order chi connectivity index (χ1) is 11.0. The topological polar surface area (TPSA) is 76.3 Å². The maximum atomic E-state index is 10.3. The second-order valence-corrected chi connectivity index (χ2v) is 5.57. The van der Waals surface area contributed by atoms with Gasteiger partial charge < -0.3 is 20.2 Å². The molecule has 0 aromatic heterocycles. The summed E-state index contributed by atoms with van der Waals surface area (Å²) in [6.07, 6.45) is 0.822. The lowest BCUT2D eigenvalue weighted by Crippen LogP contribution is -2.37. The minimum atomic E-state index is -0.772. The molecule has 0 aliphatic heterocycles. The summed E-state index contributed by atoms with van der Waals surface area (Å²) in [4.78, 5) is 6.10. The molecule has 5 nitrogen and oxygen atoms in total. The maximum absolute atomic E-state index is 10.3. The standard InChI is InChI=1S/C18H22N2O3/c1-20(2)16(12-21)18(23)13-7-9-15(10-8-13)19-11-14-5-3-4-6-17(14)22/h3-11,16,18,21-23H,12H2,1-2H3/t16-,18-/m0/s1. The Morgan fingerprint density at radius 3 is 2.30 bits per heavy atom. The average Bonchev–Trinajstić information content (AvgIpc) is 2.55. The molecular formula is C18H22N2O3. The van der Waals surface area contributed by atoms with E-state index in [1.165, 1.54) is 0 Å². The third-order valence-corrected chi connectivity index (χ3v) is 3.74. The van der Waals surface area contributed by atoms with Crippen LogP contribution in [0.4, 0.5) is 5.69 Å². The van der Waals surface area contributed by atoms with Gasteiger partial charge in [0.2, 0.25) is 0 Å². The van der Waals surface area contributed by atoms with Crippen molar-refractivity contribution in [2.24, 2.45) is 4.99 Å². The van der Waals surface area contributed by atoms with Gasteiger partial charge in [0.1, 0.15) is 5.75 Å². The number of nitrogens with zero attached hydrogens (tertiary/aromatic N) is 2. The smallest absolute Gasteiger partial charge is 0.124 e. The molecule has 0 fully saturated rings. The molecule has 0 bridgehead atoms. The highest BCUT2D eigenvalue weighted by atomic mass is 16.3. The Balaban J connectivity index is 2.12. The third kappa shape index (κ3) is 4.39. The summed E-state index contributed by atoms with van der Waals surface area (Å²) in [5, 5.41) is 29.4. The number of aliphatic imine (C=N–C) groups is 1. The fraction of sp³-hybridized carbons (Fsp3) is 0.278. The van der Waals surface area contributed by atoms with Gasteiger partial charge in [-0.1, -0.05) is 24.3 Å². The molecule has 3 N–H and O–H groups in total. The predicted molar refractivity (Wildman–Crippen MR) is 91.3 cm³/mol. The van der Waals surface area contributed by atoms with Gasteiger partial charge >= 0.3 is 0 Å². The Bertz CT molecular complexity index is 654. The number of phenols is 1. The largest absolute Gasteiger partial charge is 0.507 e. The molecular weight excluding hydrogens is 292 g/mol. The molecule has 0 heterocycles. The fourth-order valence-corrected chi connectivity index (χ4v) is 2.27. The zero-order valence-corrected chi connectivity index (χ0v) is 13.3. The van der Waals surface area contributed by atoms with Crippen LogP contribution in [0.2, 0.25) is 0 Å². The molecule has 0 saturated heterocycles. The lowest BCUT2D eigenvalue weighted by molar-refractivity contribution is 0.0390. The van der Waals surface area contributed by atoms with E-state index in [1.54, 1.807) is 53.6 Å². The zero-order valence-electron chi connectivity index (χ0n) is 13.3. The summed E-state index contributed by atoms with van der Waals surface area (Å²) in [5.74, 6) is 0.181. The number of para-hydroxylation sites is 1. The van der Waals surface area contributed by atoms with E-state index in [-0.39, 0.29) is 18.4 Å². The Hall–Kier alpha value is -2.21. The average molecular weight is 314 g/mol. The molecule has 23 heavy (non-hydrogen) atoms. The lowest BCUT2D eigenvalue weighted by Gasteiger charge is -2.27. The van der Waals surface area contributed by atoms with Gasteiger partial charge in [-0.25, -0.2) is 0 Å². The number of aliphatic hydroxyl groups is 2. The van der Waals surface area contributed by atoms with Crippen molar-refractivity contribution in [3.8, 4) is 5.75 Å². The summed E-state index contributed by atoms with van der Waals surface area (Å²) in [7, 11) is 3.63. The van der Waals surface area contributed by atoms with Gasteiger partial charge in [-0.15, -0.1) is 0 Å². The number of rotatable bonds is 6. The van der Waals surface area contributed by atoms with E-state index in [4.69, 9.17) is 0 Å². The fourth-order valence-electron chi connectivity index (χ4n) is 2.27. The Morgan fingerprint density at radius 1 is 1.09 bits per heavy atom. The number of hydrogen-bond acceptors (Lipinski definition) is 5. The van der Waals surface area contributed by atoms with E-state index in [9.17, 15) is 15.3 Å². The van der Waals surface area contributed by atoms with Crippen molar-refractivity contribution in [3.05, 3.63) is 59.7 Å². The molecule has 0 spiro atoms. The molecule has 2 aromatic rings. The highest BCUT2D eigenvalue weighted by Gasteiger charge is 2.21. The Labute approximate surface area is 136 Å². The van der Waals surface area contributed by atoms with Crippen LogP contribution in [0.3, 0.4) is 0 Å². The monoisotopic (exact) mass is 314 g/mol. The van der Waals surface area contributed by atoms with Crippen LogP contribution in [-0.4, -0.2) is 53.2 Å². The number of phenolic OH excluding ortho intramolecular Hbond substituents is 1. The number of aliphatic hydroxyl groups excluding tert-OH is 2. The Kier molecular flexibility index (Phi) is 5.87. The van der Waals surface area contributed by atoms with E-state index in [2.05, 4.69) is 4.99 Å². The van der Waals surface area contributed by atoms with Crippen LogP contribution < -0.4 is 0 Å². The second kappa shape index (κ2) is 7.87. The summed E-state index contributed by atoms with van der Waals surface area (Å²) >= 11 is 0. The molecule has 2 aromatic carbocycles. The quantitative estimate of drug-likeness (QED) is 0.714. The first kappa shape index (κ1) is 17.1. The van der Waals surface area contributed by atoms with Gasteiger partial charge in [0.15, 0.2) is 0 Å². The number of likely N-dealkylation sites (N-methyl/N-ethyl adjacent to an activating group) is 1. The summed E-state index contributed by atoms with van der Waals surface area (Å²) in [6, 6.07) is 13.8. The van der Waals surface area contributed by atoms with E-state index in [1.807, 2.05) is 20.2 Å². The van der Waals surface area contributed by atoms with E-state index in [0.717, 1.165) is 11.3 Å². The molecule has 0 radical (unpaired) electrons. The van der Waals surface area contributed by atoms with E-state index in [0.29, 0.717) is 5.56 Å². The second-order valence-electron chi connectivity index (χ2n) is 5.57. The molecule has 0 unspecified atom stereocenters. The zero-order chi connectivity index (χ0) is 16.8. The summed E-state index contributed by atoms with van der Waals surface area (Å²) in [5.41, 5.74) is 2.08. The van der Waals surface area contributed by atoms with Crippen molar-refractivity contribution in [2.75, 3.05) is 20.7 Å². The van der Waals surface area contributed by atoms with Crippen LogP contribution in [0.25, 0.3) is 0 Å². The number of aromatic hydroxyl groups is 1. The Morgan fingerprint density at radius 2 is 1.74 bits per heavy atom. The van der Waals surface area contributed by atoms with Crippen molar-refractivity contribution < 1.29 is 15.3 Å². The van der Waals surface area contributed by atoms with Crippen molar-refractivity contribution in [2.45, 2.75) is 12.1 Å². The lowest BCUT2D eigenvalue weighted by atomic mass is 10.0. The van der Waals surface area contributed by atoms with Gasteiger partial charge in [-0.2, -0.15) is 0 Å². The SMILES string of the molecule is CN(C)[C@@H](CO)[C@@H](O)c1ccc(N=Cc2ccccc2O)cc1. The van der Waals surface area contributed by atoms with Gasteiger partial charge in [0.05, 0.1) is 24.4 Å². The maximum Gasteiger partial charge on any atom is 0.124 e. The molecule has 0 saturated carbocycles. The van der Waals surface area contributed by atoms with Crippen LogP contribution in [0.15, 0.2) is 53.5 Å². The van der Waals surface area contributed by atoms with Gasteiger partial charge in [0.25, 0.3) is 0 Å². The molecule has 0 aliphatic carbocycles. The summed E-state index contributed by atoms with van der Waals surface area (Å²) < 4.78 is 0. The van der Waals surface area contributed by atoms with Gasteiger partial charge in [0, 0.05) is 11.8 Å². The first-order valence-corrected chi connectivity index (χ1v) is 7.40. The summed E-state index contributed by atoms with van der Waals surface area (Å²) in [6.45, 7) is -0.124. The van der Waals surface area contributed by atoms with Crippen LogP contribution in [0.1, 0.15) is 17.2 Å². The van der Waals surface area contributed by atoms with Crippen molar-refractivity contribution in [1.82, 2.24) is 4.90 Å². The molecule has 5 heteroatoms. The van der Waals surface area contributed by atoms with Gasteiger partial charge in [-0.3, -0.25) is 4.99 Å². The number of hydrogen-bond donors (Lipinski definition) is 3. The van der Waals surface area contributed by atoms with E-state index < -0.39 is 6.10 Å². The molecule has 0 aliphatic rings. The van der Waals surface area contributed by atoms with Crippen LogP contribution in [0, 0.1) is 0 Å². The molecule has 0 amide bonds. The van der Waals surface area contributed by atoms with Crippen LogP contribution in [0.5, 0.6) is 5.75 Å². The van der Waals surface area contributed by atoms with Crippen molar-refractivity contribution in [3.63, 3.8) is 0 Å². The molecule has 2 atom stereocenters. The van der Waals surface area contributed by atoms with E-state index >= 15 is 0 Å². The number of benzene rings is 2. The van der Waals surface area contributed by atoms with Crippen molar-refractivity contribution >= 4 is 11.9 Å².